The van der Waals surface area contributed by atoms with Crippen molar-refractivity contribution in [2.24, 2.45) is 5.92 Å². The summed E-state index contributed by atoms with van der Waals surface area (Å²) in [6.07, 6.45) is 12.9. The van der Waals surface area contributed by atoms with Crippen LogP contribution in [0, 0.1) is 5.92 Å². The average Bonchev–Trinajstić information content (AvgIpc) is 3.28. The predicted molar refractivity (Wildman–Crippen MR) is 98.4 cm³/mol. The van der Waals surface area contributed by atoms with Gasteiger partial charge in [0.25, 0.3) is 0 Å². The van der Waals surface area contributed by atoms with Crippen LogP contribution in [0.2, 0.25) is 0 Å². The van der Waals surface area contributed by atoms with Crippen molar-refractivity contribution in [1.82, 2.24) is 19.4 Å². The highest BCUT2D eigenvalue weighted by atomic mass is 16.2. The van der Waals surface area contributed by atoms with E-state index in [0.29, 0.717) is 11.8 Å². The predicted octanol–water partition coefficient (Wildman–Crippen LogP) is 2.87. The SMILES string of the molecule is CC(C(=O)N1CCCC1)N1CCC(c2nccn2CC2CCC2)CC1. The van der Waals surface area contributed by atoms with Crippen molar-refractivity contribution in [3.05, 3.63) is 18.2 Å². The number of hydrogen-bond donors (Lipinski definition) is 0. The van der Waals surface area contributed by atoms with E-state index in [1.54, 1.807) is 0 Å². The Morgan fingerprint density at radius 1 is 1.12 bits per heavy atom. The van der Waals surface area contributed by atoms with Crippen LogP contribution in [0.3, 0.4) is 0 Å². The van der Waals surface area contributed by atoms with E-state index in [2.05, 4.69) is 32.5 Å². The lowest BCUT2D eigenvalue weighted by molar-refractivity contribution is -0.135. The van der Waals surface area contributed by atoms with Gasteiger partial charge >= 0.3 is 0 Å². The van der Waals surface area contributed by atoms with Crippen LogP contribution in [0.4, 0.5) is 0 Å². The molecular weight excluding hydrogens is 312 g/mol. The van der Waals surface area contributed by atoms with E-state index in [0.717, 1.165) is 51.5 Å². The fraction of sp³-hybridized carbons (Fsp3) is 0.800. The number of rotatable bonds is 5. The van der Waals surface area contributed by atoms with Gasteiger partial charge in [-0.05, 0) is 64.5 Å². The second-order valence-corrected chi connectivity index (χ2v) is 8.25. The minimum Gasteiger partial charge on any atom is -0.341 e. The van der Waals surface area contributed by atoms with Gasteiger partial charge in [-0.1, -0.05) is 6.42 Å². The fourth-order valence-electron chi connectivity index (χ4n) is 4.69. The van der Waals surface area contributed by atoms with Gasteiger partial charge in [0.15, 0.2) is 0 Å². The van der Waals surface area contributed by atoms with Crippen molar-refractivity contribution >= 4 is 5.91 Å². The van der Waals surface area contributed by atoms with Gasteiger partial charge in [-0.15, -0.1) is 0 Å². The number of nitrogens with zero attached hydrogens (tertiary/aromatic N) is 4. The molecular formula is C20H32N4O. The smallest absolute Gasteiger partial charge is 0.239 e. The van der Waals surface area contributed by atoms with Crippen LogP contribution in [0.1, 0.15) is 63.6 Å². The molecule has 4 rings (SSSR count). The van der Waals surface area contributed by atoms with Crippen LogP contribution < -0.4 is 0 Å². The summed E-state index contributed by atoms with van der Waals surface area (Å²) >= 11 is 0. The summed E-state index contributed by atoms with van der Waals surface area (Å²) in [5.74, 6) is 3.04. The molecule has 3 fully saturated rings. The van der Waals surface area contributed by atoms with Crippen LogP contribution in [-0.2, 0) is 11.3 Å². The molecule has 5 heteroatoms. The number of likely N-dealkylation sites (tertiary alicyclic amines) is 2. The lowest BCUT2D eigenvalue weighted by Gasteiger charge is -2.37. The first-order valence-corrected chi connectivity index (χ1v) is 10.3. The van der Waals surface area contributed by atoms with E-state index in [4.69, 9.17) is 0 Å². The summed E-state index contributed by atoms with van der Waals surface area (Å²) in [7, 11) is 0. The highest BCUT2D eigenvalue weighted by Crippen LogP contribution is 2.32. The molecule has 2 saturated heterocycles. The van der Waals surface area contributed by atoms with Gasteiger partial charge in [-0.2, -0.15) is 0 Å². The Morgan fingerprint density at radius 3 is 2.48 bits per heavy atom. The van der Waals surface area contributed by atoms with Crippen molar-refractivity contribution in [3.63, 3.8) is 0 Å². The van der Waals surface area contributed by atoms with Crippen molar-refractivity contribution in [2.45, 2.75) is 70.4 Å². The third kappa shape index (κ3) is 3.62. The summed E-state index contributed by atoms with van der Waals surface area (Å²) in [5, 5.41) is 0. The molecule has 1 aliphatic carbocycles. The van der Waals surface area contributed by atoms with Crippen LogP contribution >= 0.6 is 0 Å². The summed E-state index contributed by atoms with van der Waals surface area (Å²) in [4.78, 5) is 21.8. The second kappa shape index (κ2) is 7.48. The minimum absolute atomic E-state index is 0.0359. The van der Waals surface area contributed by atoms with Crippen LogP contribution in [0.25, 0.3) is 0 Å². The van der Waals surface area contributed by atoms with Crippen LogP contribution in [-0.4, -0.2) is 57.5 Å². The first-order chi connectivity index (χ1) is 12.2. The molecule has 2 aliphatic heterocycles. The summed E-state index contributed by atoms with van der Waals surface area (Å²) in [6.45, 7) is 7.19. The molecule has 1 unspecified atom stereocenters. The molecule has 5 nitrogen and oxygen atoms in total. The maximum atomic E-state index is 12.6. The van der Waals surface area contributed by atoms with E-state index in [1.165, 1.54) is 37.9 Å². The van der Waals surface area contributed by atoms with Gasteiger partial charge in [0, 0.05) is 37.9 Å². The molecule has 3 aliphatic rings. The van der Waals surface area contributed by atoms with Gasteiger partial charge in [0.05, 0.1) is 6.04 Å². The number of hydrogen-bond acceptors (Lipinski definition) is 3. The third-order valence-electron chi connectivity index (χ3n) is 6.64. The number of carbonyl (C=O) groups excluding carboxylic acids is 1. The number of imidazole rings is 1. The fourth-order valence-corrected chi connectivity index (χ4v) is 4.69. The molecule has 1 amide bonds. The zero-order chi connectivity index (χ0) is 17.2. The Labute approximate surface area is 151 Å². The third-order valence-corrected chi connectivity index (χ3v) is 6.64. The highest BCUT2D eigenvalue weighted by Gasteiger charge is 2.32. The number of carbonyl (C=O) groups is 1. The van der Waals surface area contributed by atoms with Gasteiger partial charge < -0.3 is 9.47 Å². The standard InChI is InChI=1S/C20H32N4O/c1-16(20(25)23-10-2-3-11-23)22-12-7-18(8-13-22)19-21-9-14-24(19)15-17-5-4-6-17/h9,14,16-18H,2-8,10-13,15H2,1H3. The van der Waals surface area contributed by atoms with Crippen molar-refractivity contribution < 1.29 is 4.79 Å². The number of piperidine rings is 1. The second-order valence-electron chi connectivity index (χ2n) is 8.25. The molecule has 138 valence electrons. The quantitative estimate of drug-likeness (QED) is 0.825. The van der Waals surface area contributed by atoms with E-state index < -0.39 is 0 Å². The molecule has 1 aromatic rings. The molecule has 1 saturated carbocycles. The lowest BCUT2D eigenvalue weighted by atomic mass is 9.85. The zero-order valence-corrected chi connectivity index (χ0v) is 15.6. The van der Waals surface area contributed by atoms with E-state index in [-0.39, 0.29) is 6.04 Å². The molecule has 0 aromatic carbocycles. The van der Waals surface area contributed by atoms with Gasteiger partial charge in [-0.25, -0.2) is 4.98 Å². The molecule has 0 spiro atoms. The minimum atomic E-state index is 0.0359. The molecule has 0 radical (unpaired) electrons. The van der Waals surface area contributed by atoms with Gasteiger partial charge in [-0.3, -0.25) is 9.69 Å². The maximum absolute atomic E-state index is 12.6. The zero-order valence-electron chi connectivity index (χ0n) is 15.6. The average molecular weight is 345 g/mol. The number of amides is 1. The van der Waals surface area contributed by atoms with Gasteiger partial charge in [0.1, 0.15) is 5.82 Å². The Bertz CT molecular complexity index is 580. The molecule has 3 heterocycles. The first kappa shape index (κ1) is 17.1. The topological polar surface area (TPSA) is 41.4 Å². The summed E-state index contributed by atoms with van der Waals surface area (Å²) in [6, 6.07) is 0.0359. The molecule has 0 bridgehead atoms. The van der Waals surface area contributed by atoms with Crippen molar-refractivity contribution in [2.75, 3.05) is 26.2 Å². The molecule has 25 heavy (non-hydrogen) atoms. The van der Waals surface area contributed by atoms with Crippen molar-refractivity contribution in [1.29, 1.82) is 0 Å². The molecule has 1 aromatic heterocycles. The van der Waals surface area contributed by atoms with E-state index in [1.807, 2.05) is 6.20 Å². The lowest BCUT2D eigenvalue weighted by Crippen LogP contribution is -2.49. The van der Waals surface area contributed by atoms with Crippen LogP contribution in [0.5, 0.6) is 0 Å². The largest absolute Gasteiger partial charge is 0.341 e. The number of aromatic nitrogens is 2. The molecule has 1 atom stereocenters. The van der Waals surface area contributed by atoms with E-state index in [9.17, 15) is 4.79 Å². The monoisotopic (exact) mass is 344 g/mol. The highest BCUT2D eigenvalue weighted by molar-refractivity contribution is 5.81. The Morgan fingerprint density at radius 2 is 1.84 bits per heavy atom. The van der Waals surface area contributed by atoms with Crippen LogP contribution in [0.15, 0.2) is 12.4 Å². The Hall–Kier alpha value is -1.36. The maximum Gasteiger partial charge on any atom is 0.239 e. The molecule has 0 N–H and O–H groups in total. The van der Waals surface area contributed by atoms with E-state index >= 15 is 0 Å². The normalized spacial score (nSPS) is 24.4. The Kier molecular flexibility index (Phi) is 5.11. The van der Waals surface area contributed by atoms with Gasteiger partial charge in [0.2, 0.25) is 5.91 Å². The summed E-state index contributed by atoms with van der Waals surface area (Å²) < 4.78 is 2.41. The Balaban J connectivity index is 1.32. The first-order valence-electron chi connectivity index (χ1n) is 10.3. The van der Waals surface area contributed by atoms with Crippen molar-refractivity contribution in [3.8, 4) is 0 Å². The summed E-state index contributed by atoms with van der Waals surface area (Å²) in [5.41, 5.74) is 0.